The molecule has 29 heavy (non-hydrogen) atoms. The van der Waals surface area contributed by atoms with Gasteiger partial charge in [0, 0.05) is 38.6 Å². The summed E-state index contributed by atoms with van der Waals surface area (Å²) >= 11 is 0. The van der Waals surface area contributed by atoms with Crippen LogP contribution in [-0.4, -0.2) is 66.6 Å². The van der Waals surface area contributed by atoms with Gasteiger partial charge in [0.25, 0.3) is 0 Å². The number of ether oxygens (including phenoxy) is 1. The summed E-state index contributed by atoms with van der Waals surface area (Å²) in [4.78, 5) is 4.64. The second-order valence-electron chi connectivity index (χ2n) is 7.94. The molecule has 0 amide bonds. The minimum absolute atomic E-state index is 0.110. The van der Waals surface area contributed by atoms with Crippen LogP contribution in [0.3, 0.4) is 0 Å². The molecule has 2 fully saturated rings. The van der Waals surface area contributed by atoms with Crippen molar-refractivity contribution >= 4 is 0 Å². The second-order valence-corrected chi connectivity index (χ2v) is 7.94. The summed E-state index contributed by atoms with van der Waals surface area (Å²) in [6, 6.07) is 6.06. The van der Waals surface area contributed by atoms with Crippen LogP contribution in [0, 0.1) is 0 Å². The topological polar surface area (TPSA) is 35.9 Å². The van der Waals surface area contributed by atoms with Gasteiger partial charge in [-0.25, -0.2) is 0 Å². The Kier molecular flexibility index (Phi) is 8.79. The summed E-state index contributed by atoms with van der Waals surface area (Å²) in [6.45, 7) is 8.59. The molecule has 1 aliphatic carbocycles. The fourth-order valence-electron chi connectivity index (χ4n) is 4.29. The number of piperazine rings is 1. The van der Waals surface area contributed by atoms with E-state index in [4.69, 9.17) is 0 Å². The number of hydrogen-bond donors (Lipinski definition) is 1. The van der Waals surface area contributed by atoms with Crippen molar-refractivity contribution in [3.63, 3.8) is 0 Å². The Morgan fingerprint density at radius 1 is 1.00 bits per heavy atom. The highest BCUT2D eigenvalue weighted by atomic mass is 19.4. The number of aliphatic hydroxyl groups is 1. The lowest BCUT2D eigenvalue weighted by atomic mass is 9.72. The number of rotatable bonds is 5. The summed E-state index contributed by atoms with van der Waals surface area (Å²) in [6.07, 6.45) is -0.0986. The summed E-state index contributed by atoms with van der Waals surface area (Å²) in [5, 5.41) is 11.4. The van der Waals surface area contributed by atoms with Gasteiger partial charge < -0.3 is 19.6 Å². The van der Waals surface area contributed by atoms with E-state index in [0.29, 0.717) is 0 Å². The zero-order valence-corrected chi connectivity index (χ0v) is 17.8. The van der Waals surface area contributed by atoms with Gasteiger partial charge in [0.05, 0.1) is 5.60 Å². The summed E-state index contributed by atoms with van der Waals surface area (Å²) in [5.74, 6) is -0.332. The first kappa shape index (κ1) is 24.0. The molecule has 1 unspecified atom stereocenters. The van der Waals surface area contributed by atoms with Gasteiger partial charge in [0.2, 0.25) is 0 Å². The summed E-state index contributed by atoms with van der Waals surface area (Å²) < 4.78 is 41.3. The normalized spacial score (nSPS) is 21.8. The number of benzene rings is 1. The molecule has 7 heteroatoms. The predicted molar refractivity (Wildman–Crippen MR) is 109 cm³/mol. The fraction of sp³-hybridized carbons (Fsp3) is 0.727. The van der Waals surface area contributed by atoms with Crippen molar-refractivity contribution in [1.29, 1.82) is 0 Å². The molecule has 1 atom stereocenters. The highest BCUT2D eigenvalue weighted by Crippen LogP contribution is 2.41. The lowest BCUT2D eigenvalue weighted by molar-refractivity contribution is -0.274. The Morgan fingerprint density at radius 2 is 1.55 bits per heavy atom. The van der Waals surface area contributed by atoms with E-state index in [0.717, 1.165) is 70.4 Å². The number of nitrogens with zero attached hydrogens (tertiary/aromatic N) is 2. The van der Waals surface area contributed by atoms with Crippen molar-refractivity contribution < 1.29 is 23.0 Å². The van der Waals surface area contributed by atoms with Crippen molar-refractivity contribution in [2.75, 3.05) is 39.8 Å². The molecule has 1 saturated carbocycles. The first-order valence-corrected chi connectivity index (χ1v) is 10.7. The van der Waals surface area contributed by atoms with Crippen LogP contribution in [0.25, 0.3) is 0 Å². The molecule has 2 aliphatic rings. The zero-order valence-electron chi connectivity index (χ0n) is 17.8. The molecule has 1 aliphatic heterocycles. The standard InChI is InChI=1S/C20H29F3N2O2.C2H6/c1-24-11-13-25(14-12-24)15-18(19(26)9-3-2-4-10-19)16-5-7-17(8-6-16)27-20(21,22)23;1-2/h5-8,18,26H,2-4,9-15H2,1H3;1-2H3. The quantitative estimate of drug-likeness (QED) is 0.759. The van der Waals surface area contributed by atoms with Gasteiger partial charge >= 0.3 is 6.36 Å². The molecule has 1 aromatic carbocycles. The van der Waals surface area contributed by atoms with Crippen LogP contribution in [0.1, 0.15) is 57.4 Å². The smallest absolute Gasteiger partial charge is 0.406 e. The highest BCUT2D eigenvalue weighted by Gasteiger charge is 2.40. The average molecular weight is 417 g/mol. The second kappa shape index (κ2) is 10.6. The molecule has 166 valence electrons. The van der Waals surface area contributed by atoms with Crippen LogP contribution in [0.5, 0.6) is 5.75 Å². The maximum atomic E-state index is 12.4. The number of likely N-dealkylation sites (N-methyl/N-ethyl adjacent to an activating group) is 1. The molecule has 0 radical (unpaired) electrons. The van der Waals surface area contributed by atoms with Crippen molar-refractivity contribution in [3.05, 3.63) is 29.8 Å². The minimum Gasteiger partial charge on any atom is -0.406 e. The molecule has 1 aromatic rings. The van der Waals surface area contributed by atoms with Gasteiger partial charge in [-0.15, -0.1) is 13.2 Å². The average Bonchev–Trinajstić information content (AvgIpc) is 2.69. The Morgan fingerprint density at radius 3 is 2.07 bits per heavy atom. The Bertz CT molecular complexity index is 593. The van der Waals surface area contributed by atoms with Crippen LogP contribution in [0.2, 0.25) is 0 Å². The highest BCUT2D eigenvalue weighted by molar-refractivity contribution is 5.31. The molecule has 3 rings (SSSR count). The number of hydrogen-bond acceptors (Lipinski definition) is 4. The van der Waals surface area contributed by atoms with E-state index >= 15 is 0 Å². The molecule has 1 heterocycles. The monoisotopic (exact) mass is 416 g/mol. The molecule has 0 aromatic heterocycles. The van der Waals surface area contributed by atoms with E-state index in [1.54, 1.807) is 12.1 Å². The molecular weight excluding hydrogens is 381 g/mol. The fourth-order valence-corrected chi connectivity index (χ4v) is 4.29. The van der Waals surface area contributed by atoms with E-state index in [1.165, 1.54) is 12.1 Å². The van der Waals surface area contributed by atoms with Crippen LogP contribution in [0.4, 0.5) is 13.2 Å². The van der Waals surface area contributed by atoms with E-state index in [-0.39, 0.29) is 11.7 Å². The number of halogens is 3. The lowest BCUT2D eigenvalue weighted by Crippen LogP contribution is -2.50. The maximum Gasteiger partial charge on any atom is 0.573 e. The van der Waals surface area contributed by atoms with Crippen molar-refractivity contribution in [3.8, 4) is 5.75 Å². The lowest BCUT2D eigenvalue weighted by Gasteiger charge is -2.43. The van der Waals surface area contributed by atoms with E-state index in [2.05, 4.69) is 21.6 Å². The van der Waals surface area contributed by atoms with Gasteiger partial charge in [0.15, 0.2) is 0 Å². The largest absolute Gasteiger partial charge is 0.573 e. The maximum absolute atomic E-state index is 12.4. The molecule has 0 bridgehead atoms. The third-order valence-electron chi connectivity index (χ3n) is 5.92. The predicted octanol–water partition coefficient (Wildman–Crippen LogP) is 4.64. The Hall–Kier alpha value is -1.31. The van der Waals surface area contributed by atoms with E-state index < -0.39 is 12.0 Å². The Balaban J connectivity index is 0.00000145. The summed E-state index contributed by atoms with van der Waals surface area (Å²) in [7, 11) is 2.10. The summed E-state index contributed by atoms with van der Waals surface area (Å²) in [5.41, 5.74) is 0.0847. The first-order valence-electron chi connectivity index (χ1n) is 10.7. The van der Waals surface area contributed by atoms with Crippen molar-refractivity contribution in [2.45, 2.75) is 63.8 Å². The van der Waals surface area contributed by atoms with Crippen LogP contribution >= 0.6 is 0 Å². The van der Waals surface area contributed by atoms with Crippen LogP contribution in [0.15, 0.2) is 24.3 Å². The third-order valence-corrected chi connectivity index (χ3v) is 5.92. The molecule has 4 nitrogen and oxygen atoms in total. The SMILES string of the molecule is CC.CN1CCN(CC(c2ccc(OC(F)(F)F)cc2)C2(O)CCCCC2)CC1. The van der Waals surface area contributed by atoms with Gasteiger partial charge in [-0.05, 0) is 37.6 Å². The zero-order chi connectivity index (χ0) is 21.5. The molecule has 1 saturated heterocycles. The van der Waals surface area contributed by atoms with Crippen molar-refractivity contribution in [1.82, 2.24) is 9.80 Å². The van der Waals surface area contributed by atoms with Gasteiger partial charge in [0.1, 0.15) is 5.75 Å². The number of alkyl halides is 3. The van der Waals surface area contributed by atoms with E-state index in [9.17, 15) is 18.3 Å². The van der Waals surface area contributed by atoms with E-state index in [1.807, 2.05) is 13.8 Å². The van der Waals surface area contributed by atoms with Gasteiger partial charge in [-0.2, -0.15) is 0 Å². The first-order chi connectivity index (χ1) is 13.8. The molecule has 1 N–H and O–H groups in total. The van der Waals surface area contributed by atoms with Crippen LogP contribution < -0.4 is 4.74 Å². The molecular formula is C22H35F3N2O2. The van der Waals surface area contributed by atoms with Crippen LogP contribution in [-0.2, 0) is 0 Å². The minimum atomic E-state index is -4.69. The van der Waals surface area contributed by atoms with Gasteiger partial charge in [-0.1, -0.05) is 45.2 Å². The van der Waals surface area contributed by atoms with Gasteiger partial charge in [-0.3, -0.25) is 0 Å². The molecule has 0 spiro atoms. The van der Waals surface area contributed by atoms with Crippen molar-refractivity contribution in [2.24, 2.45) is 0 Å². The third kappa shape index (κ3) is 7.15. The Labute approximate surface area is 172 Å².